The smallest absolute Gasteiger partial charge is 0.311 e. The summed E-state index contributed by atoms with van der Waals surface area (Å²) in [5.41, 5.74) is -0.893. The summed E-state index contributed by atoms with van der Waals surface area (Å²) in [6.45, 7) is 1.78. The van der Waals surface area contributed by atoms with Crippen LogP contribution in [0.15, 0.2) is 58.2 Å². The summed E-state index contributed by atoms with van der Waals surface area (Å²) in [7, 11) is -2.79. The molecule has 2 aromatic carbocycles. The lowest BCUT2D eigenvalue weighted by atomic mass is 10.1. The molecule has 3 rings (SSSR count). The minimum Gasteiger partial charge on any atom is -0.311 e. The number of fused-ring (bicyclic) bond motifs is 1. The van der Waals surface area contributed by atoms with E-state index >= 15 is 0 Å². The van der Waals surface area contributed by atoms with Gasteiger partial charge in [0.15, 0.2) is 0 Å². The number of benzene rings is 2. The van der Waals surface area contributed by atoms with Crippen molar-refractivity contribution >= 4 is 26.6 Å². The van der Waals surface area contributed by atoms with Crippen molar-refractivity contribution in [3.8, 4) is 0 Å². The highest BCUT2D eigenvalue weighted by molar-refractivity contribution is 7.92. The predicted molar refractivity (Wildman–Crippen MR) is 96.2 cm³/mol. The topological polar surface area (TPSA) is 68.2 Å². The molecular weight excluding hydrogens is 381 g/mol. The van der Waals surface area contributed by atoms with Crippen LogP contribution in [0.1, 0.15) is 11.1 Å². The van der Waals surface area contributed by atoms with E-state index in [-0.39, 0.29) is 15.8 Å². The number of hydrogen-bond acceptors (Lipinski definition) is 3. The lowest BCUT2D eigenvalue weighted by Gasteiger charge is -2.14. The molecule has 0 saturated carbocycles. The second-order valence-corrected chi connectivity index (χ2v) is 7.79. The highest BCUT2D eigenvalue weighted by Crippen LogP contribution is 2.34. The summed E-state index contributed by atoms with van der Waals surface area (Å²) in [6, 6.07) is 10.3. The first-order valence-electron chi connectivity index (χ1n) is 7.79. The first-order valence-corrected chi connectivity index (χ1v) is 9.28. The Morgan fingerprint density at radius 1 is 1.04 bits per heavy atom. The maximum atomic E-state index is 13.3. The number of hydrogen-bond donors (Lipinski definition) is 1. The molecule has 0 amide bonds. The normalized spacial score (nSPS) is 12.3. The van der Waals surface area contributed by atoms with Gasteiger partial charge in [-0.2, -0.15) is 13.2 Å². The fourth-order valence-electron chi connectivity index (χ4n) is 2.76. The maximum Gasteiger partial charge on any atom is 0.417 e. The molecule has 0 radical (unpaired) electrons. The highest BCUT2D eigenvalue weighted by Gasteiger charge is 2.34. The average molecular weight is 396 g/mol. The molecule has 0 spiro atoms. The molecule has 142 valence electrons. The van der Waals surface area contributed by atoms with Crippen LogP contribution in [0.25, 0.3) is 10.9 Å². The Bertz CT molecular complexity index is 1200. The Morgan fingerprint density at radius 2 is 1.74 bits per heavy atom. The molecule has 0 unspecified atom stereocenters. The number of alkyl halides is 3. The summed E-state index contributed by atoms with van der Waals surface area (Å²) in [6.07, 6.45) is -4.79. The van der Waals surface area contributed by atoms with Crippen LogP contribution in [0.2, 0.25) is 0 Å². The summed E-state index contributed by atoms with van der Waals surface area (Å²) < 4.78 is 68.6. The van der Waals surface area contributed by atoms with Crippen molar-refractivity contribution in [2.75, 3.05) is 4.72 Å². The van der Waals surface area contributed by atoms with Gasteiger partial charge in [-0.1, -0.05) is 12.1 Å². The SMILES string of the molecule is Cc1cccc(NS(=O)(=O)c2ccc3c(c2)c(C(F)(F)F)cc(=O)n3C)c1. The summed E-state index contributed by atoms with van der Waals surface area (Å²) >= 11 is 0. The number of aryl methyl sites for hydroxylation is 2. The van der Waals surface area contributed by atoms with Gasteiger partial charge in [-0.15, -0.1) is 0 Å². The number of nitrogens with zero attached hydrogens (tertiary/aromatic N) is 1. The van der Waals surface area contributed by atoms with Gasteiger partial charge < -0.3 is 4.57 Å². The Labute approximate surface area is 153 Å². The van der Waals surface area contributed by atoms with Crippen LogP contribution in [0, 0.1) is 6.92 Å². The van der Waals surface area contributed by atoms with Gasteiger partial charge in [0, 0.05) is 24.2 Å². The van der Waals surface area contributed by atoms with Crippen LogP contribution in [-0.2, 0) is 23.2 Å². The van der Waals surface area contributed by atoms with E-state index in [4.69, 9.17) is 0 Å². The van der Waals surface area contributed by atoms with Crippen LogP contribution in [0.3, 0.4) is 0 Å². The van der Waals surface area contributed by atoms with Crippen molar-refractivity contribution in [2.45, 2.75) is 18.0 Å². The zero-order valence-corrected chi connectivity index (χ0v) is 15.1. The number of anilines is 1. The molecule has 0 aliphatic rings. The average Bonchev–Trinajstić information content (AvgIpc) is 2.56. The van der Waals surface area contributed by atoms with E-state index < -0.39 is 27.3 Å². The minimum absolute atomic E-state index is 0.00988. The van der Waals surface area contributed by atoms with E-state index in [1.165, 1.54) is 25.2 Å². The maximum absolute atomic E-state index is 13.3. The fourth-order valence-corrected chi connectivity index (χ4v) is 3.84. The monoisotopic (exact) mass is 396 g/mol. The van der Waals surface area contributed by atoms with E-state index in [1.807, 2.05) is 0 Å². The third kappa shape index (κ3) is 3.68. The molecule has 1 aromatic heterocycles. The van der Waals surface area contributed by atoms with Gasteiger partial charge in [0.25, 0.3) is 15.6 Å². The molecule has 0 fully saturated rings. The van der Waals surface area contributed by atoms with Gasteiger partial charge in [-0.05, 0) is 42.8 Å². The summed E-state index contributed by atoms with van der Waals surface area (Å²) in [5, 5.41) is -0.364. The van der Waals surface area contributed by atoms with Gasteiger partial charge in [0.2, 0.25) is 0 Å². The Hall–Kier alpha value is -2.81. The van der Waals surface area contributed by atoms with Gasteiger partial charge in [-0.25, -0.2) is 8.42 Å². The van der Waals surface area contributed by atoms with Crippen LogP contribution in [0.5, 0.6) is 0 Å². The van der Waals surface area contributed by atoms with Crippen LogP contribution < -0.4 is 10.3 Å². The third-order valence-electron chi connectivity index (χ3n) is 4.10. The number of sulfonamides is 1. The third-order valence-corrected chi connectivity index (χ3v) is 5.48. The molecule has 1 N–H and O–H groups in total. The molecule has 5 nitrogen and oxygen atoms in total. The lowest BCUT2D eigenvalue weighted by Crippen LogP contribution is -2.21. The minimum atomic E-state index is -4.79. The molecule has 0 aliphatic carbocycles. The molecule has 0 bridgehead atoms. The van der Waals surface area contributed by atoms with E-state index in [9.17, 15) is 26.4 Å². The van der Waals surface area contributed by atoms with E-state index in [0.717, 1.165) is 16.2 Å². The van der Waals surface area contributed by atoms with E-state index in [1.54, 1.807) is 25.1 Å². The van der Waals surface area contributed by atoms with Gasteiger partial charge in [0.1, 0.15) is 0 Å². The van der Waals surface area contributed by atoms with Crippen LogP contribution in [-0.4, -0.2) is 13.0 Å². The second-order valence-electron chi connectivity index (χ2n) is 6.11. The van der Waals surface area contributed by atoms with Gasteiger partial charge in [-0.3, -0.25) is 9.52 Å². The Kier molecular flexibility index (Phi) is 4.51. The predicted octanol–water partition coefficient (Wildman–Crippen LogP) is 3.67. The first-order chi connectivity index (χ1) is 12.5. The molecule has 0 atom stereocenters. The van der Waals surface area contributed by atoms with E-state index in [0.29, 0.717) is 11.8 Å². The Morgan fingerprint density at radius 3 is 2.37 bits per heavy atom. The second kappa shape index (κ2) is 6.41. The number of pyridine rings is 1. The molecule has 9 heteroatoms. The number of rotatable bonds is 3. The molecule has 3 aromatic rings. The number of nitrogens with one attached hydrogen (secondary N) is 1. The molecule has 0 saturated heterocycles. The van der Waals surface area contributed by atoms with Crippen molar-refractivity contribution in [3.05, 3.63) is 70.0 Å². The quantitative estimate of drug-likeness (QED) is 0.735. The summed E-state index contributed by atoms with van der Waals surface area (Å²) in [5.74, 6) is 0. The van der Waals surface area contributed by atoms with Gasteiger partial charge in [0.05, 0.1) is 16.0 Å². The van der Waals surface area contributed by atoms with Crippen molar-refractivity contribution in [3.63, 3.8) is 0 Å². The van der Waals surface area contributed by atoms with Crippen LogP contribution in [0.4, 0.5) is 18.9 Å². The first kappa shape index (κ1) is 19.0. The van der Waals surface area contributed by atoms with Crippen molar-refractivity contribution in [1.82, 2.24) is 4.57 Å². The molecule has 27 heavy (non-hydrogen) atoms. The molecule has 1 heterocycles. The van der Waals surface area contributed by atoms with E-state index in [2.05, 4.69) is 4.72 Å². The Balaban J connectivity index is 2.18. The summed E-state index contributed by atoms with van der Waals surface area (Å²) in [4.78, 5) is 11.5. The lowest BCUT2D eigenvalue weighted by molar-refractivity contribution is -0.136. The highest BCUT2D eigenvalue weighted by atomic mass is 32.2. The number of aromatic nitrogens is 1. The number of halogens is 3. The fraction of sp³-hybridized carbons (Fsp3) is 0.167. The van der Waals surface area contributed by atoms with Crippen molar-refractivity contribution in [1.29, 1.82) is 0 Å². The van der Waals surface area contributed by atoms with Crippen molar-refractivity contribution in [2.24, 2.45) is 7.05 Å². The zero-order valence-electron chi connectivity index (χ0n) is 14.3. The van der Waals surface area contributed by atoms with Crippen LogP contribution >= 0.6 is 0 Å². The molecular formula is C18H15F3N2O3S. The van der Waals surface area contributed by atoms with Gasteiger partial charge >= 0.3 is 6.18 Å². The molecule has 0 aliphatic heterocycles. The largest absolute Gasteiger partial charge is 0.417 e. The standard InChI is InChI=1S/C18H15F3N2O3S/c1-11-4-3-5-12(8-11)22-27(25,26)13-6-7-16-14(9-13)15(18(19,20)21)10-17(24)23(16)2/h3-10,22H,1-2H3. The van der Waals surface area contributed by atoms with Crippen molar-refractivity contribution < 1.29 is 21.6 Å². The zero-order chi connectivity index (χ0) is 20.0.